The van der Waals surface area contributed by atoms with Gasteiger partial charge in [0, 0.05) is 31.7 Å². The van der Waals surface area contributed by atoms with Crippen LogP contribution in [0.5, 0.6) is 0 Å². The quantitative estimate of drug-likeness (QED) is 0.721. The summed E-state index contributed by atoms with van der Waals surface area (Å²) in [6.07, 6.45) is 3.93. The minimum Gasteiger partial charge on any atom is -0.369 e. The Balaban J connectivity index is 1.93. The third kappa shape index (κ3) is 3.69. The molecule has 1 aromatic rings. The molecule has 6 heteroatoms. The molecule has 1 aromatic heterocycles. The summed E-state index contributed by atoms with van der Waals surface area (Å²) in [5, 5.41) is 8.81. The maximum Gasteiger partial charge on any atom is 0.255 e. The van der Waals surface area contributed by atoms with Gasteiger partial charge < -0.3 is 16.0 Å². The van der Waals surface area contributed by atoms with Gasteiger partial charge in [-0.1, -0.05) is 6.92 Å². The van der Waals surface area contributed by atoms with Gasteiger partial charge in [0.2, 0.25) is 5.91 Å². The van der Waals surface area contributed by atoms with E-state index in [1.807, 2.05) is 0 Å². The van der Waals surface area contributed by atoms with Gasteiger partial charge in [-0.05, 0) is 25.0 Å². The minimum atomic E-state index is -0.169. The smallest absolute Gasteiger partial charge is 0.255 e. The van der Waals surface area contributed by atoms with E-state index < -0.39 is 0 Å². The number of hydrogen-bond acceptors (Lipinski definition) is 4. The molecule has 1 unspecified atom stereocenters. The predicted molar refractivity (Wildman–Crippen MR) is 76.5 cm³/mol. The molecule has 1 fully saturated rings. The molecule has 1 aliphatic rings. The summed E-state index contributed by atoms with van der Waals surface area (Å²) in [6, 6.07) is 3.52. The van der Waals surface area contributed by atoms with Crippen LogP contribution in [0.25, 0.3) is 0 Å². The van der Waals surface area contributed by atoms with Crippen LogP contribution in [0.4, 0.5) is 5.82 Å². The molecular weight excluding hydrogens is 256 g/mol. The van der Waals surface area contributed by atoms with Crippen LogP contribution < -0.4 is 16.0 Å². The molecule has 2 amide bonds. The van der Waals surface area contributed by atoms with Gasteiger partial charge >= 0.3 is 0 Å². The van der Waals surface area contributed by atoms with Gasteiger partial charge in [0.05, 0.1) is 5.56 Å². The Kier molecular flexibility index (Phi) is 4.92. The summed E-state index contributed by atoms with van der Waals surface area (Å²) >= 11 is 0. The van der Waals surface area contributed by atoms with Crippen LogP contribution >= 0.6 is 0 Å². The molecule has 0 bridgehead atoms. The van der Waals surface area contributed by atoms with E-state index >= 15 is 0 Å². The first-order chi connectivity index (χ1) is 9.70. The molecule has 0 radical (unpaired) electrons. The minimum absolute atomic E-state index is 0.0372. The molecule has 0 aliphatic carbocycles. The van der Waals surface area contributed by atoms with Crippen molar-refractivity contribution in [2.45, 2.75) is 32.2 Å². The Morgan fingerprint density at radius 3 is 3.10 bits per heavy atom. The summed E-state index contributed by atoms with van der Waals surface area (Å²) in [7, 11) is 0. The fraction of sp³-hybridized carbons (Fsp3) is 0.500. The van der Waals surface area contributed by atoms with Crippen molar-refractivity contribution in [2.75, 3.05) is 18.4 Å². The number of nitrogens with one attached hydrogen (secondary N) is 3. The molecular formula is C14H20N4O2. The maximum atomic E-state index is 12.2. The van der Waals surface area contributed by atoms with Crippen LogP contribution in [-0.4, -0.2) is 35.9 Å². The summed E-state index contributed by atoms with van der Waals surface area (Å²) in [4.78, 5) is 27.4. The van der Waals surface area contributed by atoms with Gasteiger partial charge in [-0.25, -0.2) is 4.98 Å². The molecule has 1 atom stereocenters. The Labute approximate surface area is 118 Å². The highest BCUT2D eigenvalue weighted by Gasteiger charge is 2.21. The fourth-order valence-corrected chi connectivity index (χ4v) is 2.11. The molecule has 2 heterocycles. The third-order valence-corrected chi connectivity index (χ3v) is 3.19. The number of pyridine rings is 1. The second kappa shape index (κ2) is 6.88. The van der Waals surface area contributed by atoms with Crippen LogP contribution in [0.1, 0.15) is 36.5 Å². The molecule has 20 heavy (non-hydrogen) atoms. The second-order valence-corrected chi connectivity index (χ2v) is 4.84. The van der Waals surface area contributed by atoms with E-state index in [1.54, 1.807) is 18.3 Å². The Morgan fingerprint density at radius 2 is 2.40 bits per heavy atom. The van der Waals surface area contributed by atoms with Crippen molar-refractivity contribution in [3.8, 4) is 0 Å². The lowest BCUT2D eigenvalue weighted by Crippen LogP contribution is -2.38. The Hall–Kier alpha value is -2.11. The SMILES string of the molecule is CCCNc1ncccc1C(=O)NCC1CCC(=O)N1. The van der Waals surface area contributed by atoms with Crippen LogP contribution in [0.2, 0.25) is 0 Å². The van der Waals surface area contributed by atoms with Crippen LogP contribution in [0.15, 0.2) is 18.3 Å². The lowest BCUT2D eigenvalue weighted by atomic mass is 10.2. The van der Waals surface area contributed by atoms with Gasteiger partial charge in [0.25, 0.3) is 5.91 Å². The topological polar surface area (TPSA) is 83.1 Å². The van der Waals surface area contributed by atoms with E-state index in [2.05, 4.69) is 27.9 Å². The first kappa shape index (κ1) is 14.3. The molecule has 0 aromatic carbocycles. The number of amides is 2. The first-order valence-corrected chi connectivity index (χ1v) is 6.97. The number of carbonyl (C=O) groups excluding carboxylic acids is 2. The average Bonchev–Trinajstić information content (AvgIpc) is 2.88. The zero-order valence-electron chi connectivity index (χ0n) is 11.6. The van der Waals surface area contributed by atoms with Crippen LogP contribution in [-0.2, 0) is 4.79 Å². The normalized spacial score (nSPS) is 17.6. The number of anilines is 1. The molecule has 0 spiro atoms. The largest absolute Gasteiger partial charge is 0.369 e. The molecule has 0 saturated carbocycles. The van der Waals surface area contributed by atoms with Crippen molar-refractivity contribution in [3.05, 3.63) is 23.9 Å². The molecule has 1 saturated heterocycles. The van der Waals surface area contributed by atoms with Gasteiger partial charge in [-0.15, -0.1) is 0 Å². The molecule has 2 rings (SSSR count). The van der Waals surface area contributed by atoms with Gasteiger partial charge in [0.15, 0.2) is 0 Å². The molecule has 6 nitrogen and oxygen atoms in total. The Bertz CT molecular complexity index is 490. The summed E-state index contributed by atoms with van der Waals surface area (Å²) in [6.45, 7) is 3.28. The number of rotatable bonds is 6. The third-order valence-electron chi connectivity index (χ3n) is 3.19. The fourth-order valence-electron chi connectivity index (χ4n) is 2.11. The van der Waals surface area contributed by atoms with E-state index in [-0.39, 0.29) is 17.9 Å². The molecule has 1 aliphatic heterocycles. The summed E-state index contributed by atoms with van der Waals surface area (Å²) < 4.78 is 0. The van der Waals surface area contributed by atoms with E-state index in [0.717, 1.165) is 19.4 Å². The Morgan fingerprint density at radius 1 is 1.55 bits per heavy atom. The summed E-state index contributed by atoms with van der Waals surface area (Å²) in [5.74, 6) is 0.482. The number of carbonyl (C=O) groups is 2. The molecule has 108 valence electrons. The lowest BCUT2D eigenvalue weighted by molar-refractivity contribution is -0.119. The zero-order valence-corrected chi connectivity index (χ0v) is 11.6. The maximum absolute atomic E-state index is 12.2. The van der Waals surface area contributed by atoms with Crippen molar-refractivity contribution < 1.29 is 9.59 Å². The highest BCUT2D eigenvalue weighted by Crippen LogP contribution is 2.12. The predicted octanol–water partition coefficient (Wildman–Crippen LogP) is 0.912. The van der Waals surface area contributed by atoms with Crippen molar-refractivity contribution >= 4 is 17.6 Å². The van der Waals surface area contributed by atoms with Crippen molar-refractivity contribution in [1.29, 1.82) is 0 Å². The van der Waals surface area contributed by atoms with Gasteiger partial charge in [-0.3, -0.25) is 9.59 Å². The van der Waals surface area contributed by atoms with Crippen molar-refractivity contribution in [3.63, 3.8) is 0 Å². The van der Waals surface area contributed by atoms with E-state index in [0.29, 0.717) is 24.3 Å². The van der Waals surface area contributed by atoms with E-state index in [9.17, 15) is 9.59 Å². The van der Waals surface area contributed by atoms with Crippen LogP contribution in [0.3, 0.4) is 0 Å². The van der Waals surface area contributed by atoms with Crippen molar-refractivity contribution in [1.82, 2.24) is 15.6 Å². The zero-order chi connectivity index (χ0) is 14.4. The summed E-state index contributed by atoms with van der Waals surface area (Å²) in [5.41, 5.74) is 0.533. The highest BCUT2D eigenvalue weighted by molar-refractivity contribution is 5.98. The standard InChI is InChI=1S/C14H20N4O2/c1-2-7-15-13-11(4-3-8-16-13)14(20)17-9-10-5-6-12(19)18-10/h3-4,8,10H,2,5-7,9H2,1H3,(H,15,16)(H,17,20)(H,18,19). The average molecular weight is 276 g/mol. The number of nitrogens with zero attached hydrogens (tertiary/aromatic N) is 1. The monoisotopic (exact) mass is 276 g/mol. The number of aromatic nitrogens is 1. The lowest BCUT2D eigenvalue weighted by Gasteiger charge is -2.13. The highest BCUT2D eigenvalue weighted by atomic mass is 16.2. The molecule has 3 N–H and O–H groups in total. The van der Waals surface area contributed by atoms with E-state index in [4.69, 9.17) is 0 Å². The van der Waals surface area contributed by atoms with Crippen molar-refractivity contribution in [2.24, 2.45) is 0 Å². The van der Waals surface area contributed by atoms with Gasteiger partial charge in [-0.2, -0.15) is 0 Å². The number of hydrogen-bond donors (Lipinski definition) is 3. The first-order valence-electron chi connectivity index (χ1n) is 6.97. The van der Waals surface area contributed by atoms with E-state index in [1.165, 1.54) is 0 Å². The second-order valence-electron chi connectivity index (χ2n) is 4.84. The van der Waals surface area contributed by atoms with Crippen LogP contribution in [0, 0.1) is 0 Å². The van der Waals surface area contributed by atoms with Gasteiger partial charge in [0.1, 0.15) is 5.82 Å².